The highest BCUT2D eigenvalue weighted by Gasteiger charge is 2.33. The predicted molar refractivity (Wildman–Crippen MR) is 83.6 cm³/mol. The molecule has 1 aromatic heterocycles. The van der Waals surface area contributed by atoms with E-state index in [1.165, 1.54) is 5.69 Å². The molecule has 1 aliphatic heterocycles. The highest BCUT2D eigenvalue weighted by Crippen LogP contribution is 2.35. The van der Waals surface area contributed by atoms with Crippen molar-refractivity contribution in [3.8, 4) is 0 Å². The summed E-state index contributed by atoms with van der Waals surface area (Å²) in [6, 6.07) is 4.24. The summed E-state index contributed by atoms with van der Waals surface area (Å²) >= 11 is 0. The molecule has 2 rings (SSSR count). The molecule has 104 valence electrons. The van der Waals surface area contributed by atoms with Gasteiger partial charge in [-0.05, 0) is 23.0 Å². The molecule has 1 aliphatic rings. The minimum Gasteiger partial charge on any atom is -0.377 e. The average Bonchev–Trinajstić information content (AvgIpc) is 2.53. The second-order valence-electron chi connectivity index (χ2n) is 7.74. The van der Waals surface area contributed by atoms with Gasteiger partial charge in [0, 0.05) is 19.3 Å². The summed E-state index contributed by atoms with van der Waals surface area (Å²) in [5.41, 5.74) is 1.89. The molecular formula is C15H25N3Si. The Balaban J connectivity index is 2.23. The molecule has 0 N–H and O–H groups in total. The Morgan fingerprint density at radius 1 is 1.00 bits per heavy atom. The molecule has 2 heterocycles. The molecule has 3 nitrogen and oxygen atoms in total. The van der Waals surface area contributed by atoms with Crippen molar-refractivity contribution in [2.75, 3.05) is 22.2 Å². The molecule has 0 aliphatic carbocycles. The summed E-state index contributed by atoms with van der Waals surface area (Å²) in [4.78, 5) is 4.60. The van der Waals surface area contributed by atoms with Gasteiger partial charge in [-0.3, -0.25) is 0 Å². The highest BCUT2D eigenvalue weighted by molar-refractivity contribution is 6.50. The molecule has 0 aromatic carbocycles. The number of nitrogens with zero attached hydrogens (tertiary/aromatic N) is 3. The first-order chi connectivity index (χ1) is 8.66. The third-order valence-corrected chi connectivity index (χ3v) is 4.07. The van der Waals surface area contributed by atoms with Crippen LogP contribution in [-0.2, 0) is 0 Å². The fraction of sp³-hybridized carbons (Fsp3) is 0.667. The van der Waals surface area contributed by atoms with Crippen LogP contribution >= 0.6 is 0 Å². The summed E-state index contributed by atoms with van der Waals surface area (Å²) in [7, 11) is 0.680. The van der Waals surface area contributed by atoms with Gasteiger partial charge < -0.3 is 9.13 Å². The Hall–Kier alpha value is -1.03. The lowest BCUT2D eigenvalue weighted by molar-refractivity contribution is 0.426. The maximum atomic E-state index is 4.60. The first-order valence-corrected chi connectivity index (χ1v) is 7.82. The van der Waals surface area contributed by atoms with Crippen LogP contribution in [-0.4, -0.2) is 27.9 Å². The van der Waals surface area contributed by atoms with Gasteiger partial charge in [-0.2, -0.15) is 0 Å². The zero-order valence-electron chi connectivity index (χ0n) is 13.0. The second kappa shape index (κ2) is 4.82. The van der Waals surface area contributed by atoms with E-state index in [1.54, 1.807) is 0 Å². The standard InChI is InChI=1S/C15H25N3Si/c1-14(2,3)10-17-12-8-7-9-16-13(12)18(19-17)11-15(4,5)6/h7-9H,10-11H2,1-6H3. The van der Waals surface area contributed by atoms with Crippen molar-refractivity contribution in [2.45, 2.75) is 41.5 Å². The molecule has 0 spiro atoms. The van der Waals surface area contributed by atoms with E-state index >= 15 is 0 Å². The van der Waals surface area contributed by atoms with E-state index in [1.807, 2.05) is 12.3 Å². The summed E-state index contributed by atoms with van der Waals surface area (Å²) in [6.07, 6.45) is 1.90. The van der Waals surface area contributed by atoms with Crippen LogP contribution < -0.4 is 9.13 Å². The van der Waals surface area contributed by atoms with Gasteiger partial charge in [0.2, 0.25) is 0 Å². The summed E-state index contributed by atoms with van der Waals surface area (Å²) in [5.74, 6) is 1.15. The topological polar surface area (TPSA) is 19.4 Å². The van der Waals surface area contributed by atoms with Gasteiger partial charge >= 0.3 is 9.84 Å². The Labute approximate surface area is 120 Å². The van der Waals surface area contributed by atoms with E-state index in [0.29, 0.717) is 20.7 Å². The van der Waals surface area contributed by atoms with Gasteiger partial charge in [0.15, 0.2) is 0 Å². The summed E-state index contributed by atoms with van der Waals surface area (Å²) in [6.45, 7) is 15.9. The van der Waals surface area contributed by atoms with Gasteiger partial charge in [0.1, 0.15) is 5.82 Å². The summed E-state index contributed by atoms with van der Waals surface area (Å²) in [5, 5.41) is 0. The Kier molecular flexibility index (Phi) is 3.64. The van der Waals surface area contributed by atoms with Gasteiger partial charge in [-0.15, -0.1) is 0 Å². The molecule has 2 radical (unpaired) electrons. The monoisotopic (exact) mass is 275 g/mol. The van der Waals surface area contributed by atoms with E-state index in [4.69, 9.17) is 0 Å². The number of rotatable bonds is 2. The van der Waals surface area contributed by atoms with Crippen LogP contribution in [0.5, 0.6) is 0 Å². The fourth-order valence-electron chi connectivity index (χ4n) is 2.23. The van der Waals surface area contributed by atoms with Crippen LogP contribution in [0.3, 0.4) is 0 Å². The maximum absolute atomic E-state index is 4.60. The molecule has 0 saturated carbocycles. The third-order valence-electron chi connectivity index (χ3n) is 2.82. The molecule has 0 fully saturated rings. The van der Waals surface area contributed by atoms with E-state index < -0.39 is 0 Å². The molecule has 0 atom stereocenters. The largest absolute Gasteiger partial charge is 0.377 e. The molecule has 0 unspecified atom stereocenters. The van der Waals surface area contributed by atoms with Crippen LogP contribution in [0.15, 0.2) is 18.3 Å². The number of fused-ring (bicyclic) bond motifs is 1. The third kappa shape index (κ3) is 3.72. The Morgan fingerprint density at radius 3 is 2.16 bits per heavy atom. The maximum Gasteiger partial charge on any atom is 0.334 e. The first-order valence-electron chi connectivity index (χ1n) is 6.92. The molecule has 19 heavy (non-hydrogen) atoms. The van der Waals surface area contributed by atoms with Gasteiger partial charge in [-0.1, -0.05) is 41.5 Å². The van der Waals surface area contributed by atoms with E-state index in [9.17, 15) is 0 Å². The lowest BCUT2D eigenvalue weighted by Gasteiger charge is -2.29. The lowest BCUT2D eigenvalue weighted by atomic mass is 9.96. The predicted octanol–water partition coefficient (Wildman–Crippen LogP) is 3.33. The van der Waals surface area contributed by atoms with Crippen LogP contribution in [0, 0.1) is 10.8 Å². The number of anilines is 2. The van der Waals surface area contributed by atoms with Crippen molar-refractivity contribution in [1.82, 2.24) is 4.98 Å². The SMILES string of the molecule is CC(C)(C)CN1[Si]N(CC(C)(C)C)c2ncccc21. The van der Waals surface area contributed by atoms with Crippen LogP contribution in [0.25, 0.3) is 0 Å². The van der Waals surface area contributed by atoms with E-state index in [2.05, 4.69) is 61.7 Å². The van der Waals surface area contributed by atoms with Crippen molar-refractivity contribution in [2.24, 2.45) is 10.8 Å². The molecule has 0 amide bonds. The fourth-order valence-corrected chi connectivity index (χ4v) is 4.16. The molecular weight excluding hydrogens is 250 g/mol. The van der Waals surface area contributed by atoms with Gasteiger partial charge in [-0.25, -0.2) is 4.98 Å². The van der Waals surface area contributed by atoms with Crippen molar-refractivity contribution in [3.05, 3.63) is 18.3 Å². The zero-order valence-corrected chi connectivity index (χ0v) is 14.0. The summed E-state index contributed by atoms with van der Waals surface area (Å²) < 4.78 is 4.91. The van der Waals surface area contributed by atoms with E-state index in [0.717, 1.165) is 18.9 Å². The van der Waals surface area contributed by atoms with Crippen LogP contribution in [0.1, 0.15) is 41.5 Å². The van der Waals surface area contributed by atoms with Crippen molar-refractivity contribution in [3.63, 3.8) is 0 Å². The van der Waals surface area contributed by atoms with Crippen molar-refractivity contribution < 1.29 is 0 Å². The Bertz CT molecular complexity index is 404. The minimum atomic E-state index is 0.291. The molecule has 0 saturated heterocycles. The van der Waals surface area contributed by atoms with Crippen LogP contribution in [0.2, 0.25) is 0 Å². The van der Waals surface area contributed by atoms with Gasteiger partial charge in [0.05, 0.1) is 5.69 Å². The first kappa shape index (κ1) is 14.4. The average molecular weight is 275 g/mol. The smallest absolute Gasteiger partial charge is 0.334 e. The highest BCUT2D eigenvalue weighted by atomic mass is 28.2. The molecule has 4 heteroatoms. The van der Waals surface area contributed by atoms with Crippen molar-refractivity contribution >= 4 is 21.3 Å². The van der Waals surface area contributed by atoms with Gasteiger partial charge in [0.25, 0.3) is 0 Å². The lowest BCUT2D eigenvalue weighted by Crippen LogP contribution is -2.42. The number of aromatic nitrogens is 1. The number of hydrogen-bond donors (Lipinski definition) is 0. The zero-order chi connectivity index (χ0) is 14.3. The normalized spacial score (nSPS) is 15.9. The second-order valence-corrected chi connectivity index (χ2v) is 9.02. The quantitative estimate of drug-likeness (QED) is 0.772. The van der Waals surface area contributed by atoms with E-state index in [-0.39, 0.29) is 0 Å². The number of hydrogen-bond acceptors (Lipinski definition) is 3. The Morgan fingerprint density at radius 2 is 1.58 bits per heavy atom. The molecule has 1 aromatic rings. The number of pyridine rings is 1. The minimum absolute atomic E-state index is 0.291. The van der Waals surface area contributed by atoms with Crippen molar-refractivity contribution in [1.29, 1.82) is 0 Å². The molecule has 0 bridgehead atoms. The van der Waals surface area contributed by atoms with Crippen LogP contribution in [0.4, 0.5) is 11.5 Å².